The van der Waals surface area contributed by atoms with Gasteiger partial charge >= 0.3 is 17.8 Å². The predicted molar refractivity (Wildman–Crippen MR) is 110 cm³/mol. The lowest BCUT2D eigenvalue weighted by atomic mass is 9.97. The number of carbonyl (C=O) groups excluding carboxylic acids is 3. The van der Waals surface area contributed by atoms with Gasteiger partial charge in [-0.3, -0.25) is 10.2 Å². The van der Waals surface area contributed by atoms with Crippen LogP contribution in [0.25, 0.3) is 22.3 Å². The second kappa shape index (κ2) is 8.52. The average molecular weight is 416 g/mol. The number of nitrogens with two attached hydrogens (primary N) is 1. The summed E-state index contributed by atoms with van der Waals surface area (Å²) in [5.41, 5.74) is 4.30. The molecule has 31 heavy (non-hydrogen) atoms. The highest BCUT2D eigenvalue weighted by Crippen LogP contribution is 2.37. The van der Waals surface area contributed by atoms with E-state index in [-0.39, 0.29) is 17.1 Å². The third-order valence-corrected chi connectivity index (χ3v) is 4.53. The van der Waals surface area contributed by atoms with E-state index in [9.17, 15) is 14.4 Å². The van der Waals surface area contributed by atoms with Gasteiger partial charge < -0.3 is 13.6 Å². The Kier molecular flexibility index (Phi) is 5.46. The van der Waals surface area contributed by atoms with Crippen molar-refractivity contribution in [3.05, 3.63) is 96.3 Å². The van der Waals surface area contributed by atoms with Crippen molar-refractivity contribution in [1.82, 2.24) is 5.43 Å². The number of hydrogen-bond donors (Lipinski definition) is 2. The Morgan fingerprint density at radius 3 is 2.06 bits per heavy atom. The fourth-order valence-corrected chi connectivity index (χ4v) is 3.13. The lowest BCUT2D eigenvalue weighted by molar-refractivity contribution is 0.0373. The summed E-state index contributed by atoms with van der Waals surface area (Å²) in [4.78, 5) is 37.1. The van der Waals surface area contributed by atoms with Crippen molar-refractivity contribution in [2.75, 3.05) is 0 Å². The number of benzene rings is 2. The molecule has 0 saturated carbocycles. The van der Waals surface area contributed by atoms with Crippen LogP contribution in [0.5, 0.6) is 0 Å². The van der Waals surface area contributed by atoms with Crippen LogP contribution in [-0.2, 0) is 4.74 Å². The summed E-state index contributed by atoms with van der Waals surface area (Å²) in [5.74, 6) is 1.64. The van der Waals surface area contributed by atoms with Crippen LogP contribution in [0.4, 0.5) is 0 Å². The van der Waals surface area contributed by atoms with Crippen LogP contribution in [0.1, 0.15) is 31.5 Å². The van der Waals surface area contributed by atoms with Crippen LogP contribution < -0.4 is 11.3 Å². The number of amides is 1. The van der Waals surface area contributed by atoms with Crippen molar-refractivity contribution in [3.8, 4) is 22.3 Å². The Morgan fingerprint density at radius 1 is 0.774 bits per heavy atom. The highest BCUT2D eigenvalue weighted by atomic mass is 16.6. The van der Waals surface area contributed by atoms with Gasteiger partial charge in [0.25, 0.3) is 0 Å². The quantitative estimate of drug-likeness (QED) is 0.167. The van der Waals surface area contributed by atoms with E-state index in [4.69, 9.17) is 19.4 Å². The van der Waals surface area contributed by atoms with Crippen LogP contribution in [0.3, 0.4) is 0 Å². The first kappa shape index (κ1) is 19.9. The van der Waals surface area contributed by atoms with Crippen LogP contribution in [0.15, 0.2) is 88.1 Å². The fourth-order valence-electron chi connectivity index (χ4n) is 3.13. The number of furan rings is 2. The van der Waals surface area contributed by atoms with E-state index < -0.39 is 17.8 Å². The number of ether oxygens (including phenoxy) is 1. The molecule has 4 aromatic rings. The molecule has 0 atom stereocenters. The van der Waals surface area contributed by atoms with Crippen LogP contribution in [-0.4, -0.2) is 17.8 Å². The predicted octanol–water partition coefficient (Wildman–Crippen LogP) is 3.81. The summed E-state index contributed by atoms with van der Waals surface area (Å²) in [6.07, 6.45) is 2.55. The second-order valence-electron chi connectivity index (χ2n) is 6.40. The van der Waals surface area contributed by atoms with Gasteiger partial charge in [-0.1, -0.05) is 60.7 Å². The second-order valence-corrected chi connectivity index (χ2v) is 6.40. The lowest BCUT2D eigenvalue weighted by Crippen LogP contribution is -2.31. The molecule has 2 aromatic carbocycles. The summed E-state index contributed by atoms with van der Waals surface area (Å²) in [5, 5.41) is 0. The molecule has 2 aromatic heterocycles. The van der Waals surface area contributed by atoms with E-state index in [1.807, 2.05) is 66.1 Å². The Balaban J connectivity index is 1.71. The smallest absolute Gasteiger partial charge is 0.382 e. The van der Waals surface area contributed by atoms with Crippen molar-refractivity contribution in [1.29, 1.82) is 0 Å². The lowest BCUT2D eigenvalue weighted by Gasteiger charge is -2.07. The summed E-state index contributed by atoms with van der Waals surface area (Å²) in [6.45, 7) is 0. The maximum absolute atomic E-state index is 12.8. The van der Waals surface area contributed by atoms with E-state index in [1.54, 1.807) is 0 Å². The summed E-state index contributed by atoms with van der Waals surface area (Å²) in [6, 6.07) is 19.7. The van der Waals surface area contributed by atoms with Gasteiger partial charge in [-0.2, -0.15) is 0 Å². The minimum absolute atomic E-state index is 0.147. The van der Waals surface area contributed by atoms with Gasteiger partial charge in [-0.15, -0.1) is 0 Å². The maximum atomic E-state index is 12.8. The number of esters is 2. The van der Waals surface area contributed by atoms with Crippen molar-refractivity contribution in [2.45, 2.75) is 0 Å². The van der Waals surface area contributed by atoms with E-state index in [0.29, 0.717) is 16.7 Å². The number of rotatable bonds is 5. The molecule has 8 heteroatoms. The number of hydrazine groups is 1. The third-order valence-electron chi connectivity index (χ3n) is 4.53. The first-order valence-electron chi connectivity index (χ1n) is 9.17. The third kappa shape index (κ3) is 3.87. The molecular formula is C23H16N2O6. The molecule has 1 amide bonds. The zero-order valence-electron chi connectivity index (χ0n) is 16.0. The van der Waals surface area contributed by atoms with Crippen molar-refractivity contribution in [2.24, 2.45) is 5.84 Å². The highest BCUT2D eigenvalue weighted by Gasteiger charge is 2.28. The fraction of sp³-hybridized carbons (Fsp3) is 0. The van der Waals surface area contributed by atoms with Gasteiger partial charge in [0.2, 0.25) is 11.5 Å². The average Bonchev–Trinajstić information content (AvgIpc) is 3.47. The molecule has 4 rings (SSSR count). The van der Waals surface area contributed by atoms with E-state index in [2.05, 4.69) is 0 Å². The van der Waals surface area contributed by atoms with Gasteiger partial charge in [0.05, 0.1) is 6.26 Å². The molecule has 0 spiro atoms. The molecule has 0 radical (unpaired) electrons. The number of nitrogen functional groups attached to an aromatic ring is 1. The van der Waals surface area contributed by atoms with Gasteiger partial charge in [-0.25, -0.2) is 15.4 Å². The minimum Gasteiger partial charge on any atom is -0.458 e. The molecule has 8 nitrogen and oxygen atoms in total. The van der Waals surface area contributed by atoms with Gasteiger partial charge in [0.15, 0.2) is 0 Å². The molecule has 0 bridgehead atoms. The highest BCUT2D eigenvalue weighted by molar-refractivity contribution is 6.09. The summed E-state index contributed by atoms with van der Waals surface area (Å²) < 4.78 is 15.5. The summed E-state index contributed by atoms with van der Waals surface area (Å²) in [7, 11) is 0. The standard InChI is InChI=1S/C23H16N2O6/c24-25-21(26)19-16(11-12-29-19)22(27)31-23(28)20-18(15-9-5-2-6-10-15)17(13-30-20)14-7-3-1-4-8-14/h1-13H,24H2,(H,25,26). The van der Waals surface area contributed by atoms with Crippen LogP contribution >= 0.6 is 0 Å². The molecule has 2 heterocycles. The monoisotopic (exact) mass is 416 g/mol. The molecule has 0 fully saturated rings. The SMILES string of the molecule is NNC(=O)c1occc1C(=O)OC(=O)c1occ(-c2ccccc2)c1-c1ccccc1. The zero-order valence-corrected chi connectivity index (χ0v) is 16.0. The molecule has 3 N–H and O–H groups in total. The molecule has 0 aliphatic carbocycles. The minimum atomic E-state index is -1.07. The topological polar surface area (TPSA) is 125 Å². The van der Waals surface area contributed by atoms with Gasteiger partial charge in [0.1, 0.15) is 11.8 Å². The Hall–Kier alpha value is -4.43. The van der Waals surface area contributed by atoms with Crippen LogP contribution in [0.2, 0.25) is 0 Å². The first-order chi connectivity index (χ1) is 15.1. The number of carbonyl (C=O) groups is 3. The molecule has 0 unspecified atom stereocenters. The Labute approximate surface area is 176 Å². The molecule has 0 saturated heterocycles. The molecule has 154 valence electrons. The number of nitrogens with one attached hydrogen (secondary N) is 1. The van der Waals surface area contributed by atoms with E-state index in [1.165, 1.54) is 12.3 Å². The van der Waals surface area contributed by atoms with Crippen LogP contribution in [0, 0.1) is 0 Å². The number of hydrogen-bond acceptors (Lipinski definition) is 7. The van der Waals surface area contributed by atoms with Crippen molar-refractivity contribution >= 4 is 17.8 Å². The Bertz CT molecular complexity index is 1240. The maximum Gasteiger partial charge on any atom is 0.382 e. The van der Waals surface area contributed by atoms with Crippen molar-refractivity contribution < 1.29 is 28.0 Å². The van der Waals surface area contributed by atoms with E-state index in [0.717, 1.165) is 11.8 Å². The van der Waals surface area contributed by atoms with E-state index >= 15 is 0 Å². The summed E-state index contributed by atoms with van der Waals surface area (Å²) >= 11 is 0. The normalized spacial score (nSPS) is 10.5. The van der Waals surface area contributed by atoms with Gasteiger partial charge in [-0.05, 0) is 17.2 Å². The molecular weight excluding hydrogens is 400 g/mol. The molecule has 0 aliphatic rings. The first-order valence-corrected chi connectivity index (χ1v) is 9.17. The van der Waals surface area contributed by atoms with Gasteiger partial charge in [0, 0.05) is 11.1 Å². The zero-order chi connectivity index (χ0) is 21.8. The molecule has 0 aliphatic heterocycles. The van der Waals surface area contributed by atoms with Crippen molar-refractivity contribution in [3.63, 3.8) is 0 Å². The Morgan fingerprint density at radius 2 is 1.42 bits per heavy atom. The largest absolute Gasteiger partial charge is 0.458 e.